The van der Waals surface area contributed by atoms with E-state index >= 15 is 0 Å². The second-order valence-corrected chi connectivity index (χ2v) is 4.79. The van der Waals surface area contributed by atoms with Crippen LogP contribution in [0.3, 0.4) is 0 Å². The molecule has 0 fully saturated rings. The highest BCUT2D eigenvalue weighted by molar-refractivity contribution is 7.99. The Kier molecular flexibility index (Phi) is 7.18. The number of nitrogens with one attached hydrogen (secondary N) is 1. The van der Waals surface area contributed by atoms with E-state index in [-0.39, 0.29) is 0 Å². The summed E-state index contributed by atoms with van der Waals surface area (Å²) in [4.78, 5) is 0. The van der Waals surface area contributed by atoms with Crippen LogP contribution in [0.2, 0.25) is 0 Å². The summed E-state index contributed by atoms with van der Waals surface area (Å²) in [5, 5.41) is 4.19. The van der Waals surface area contributed by atoms with Crippen molar-refractivity contribution in [2.24, 2.45) is 0 Å². The molecule has 0 aromatic heterocycles. The van der Waals surface area contributed by atoms with Crippen molar-refractivity contribution in [3.05, 3.63) is 0 Å². The molecule has 1 N–H and O–H groups in total. The molecule has 0 aliphatic heterocycles. The summed E-state index contributed by atoms with van der Waals surface area (Å²) in [5.74, 6) is 1.29. The third-order valence-electron chi connectivity index (χ3n) is 1.42. The first-order valence-electron chi connectivity index (χ1n) is 4.51. The minimum atomic E-state index is 0.625. The lowest BCUT2D eigenvalue weighted by atomic mass is 10.3. The van der Waals surface area contributed by atoms with Crippen molar-refractivity contribution in [1.29, 1.82) is 0 Å². The topological polar surface area (TPSA) is 12.0 Å². The van der Waals surface area contributed by atoms with Gasteiger partial charge in [-0.2, -0.15) is 11.8 Å². The zero-order valence-corrected chi connectivity index (χ0v) is 9.00. The summed E-state index contributed by atoms with van der Waals surface area (Å²) in [6.45, 7) is 10.0. The van der Waals surface area contributed by atoms with Gasteiger partial charge in [-0.25, -0.2) is 0 Å². The molecule has 0 saturated carbocycles. The molecule has 0 bridgehead atoms. The Balaban J connectivity index is 3.15. The second kappa shape index (κ2) is 6.99. The van der Waals surface area contributed by atoms with E-state index in [4.69, 9.17) is 0 Å². The first-order valence-corrected chi connectivity index (χ1v) is 5.56. The van der Waals surface area contributed by atoms with E-state index in [1.54, 1.807) is 0 Å². The smallest absolute Gasteiger partial charge is 0.0144 e. The van der Waals surface area contributed by atoms with Gasteiger partial charge in [0.15, 0.2) is 0 Å². The molecule has 0 aliphatic rings. The summed E-state index contributed by atoms with van der Waals surface area (Å²) in [5.41, 5.74) is 0. The van der Waals surface area contributed by atoms with Crippen LogP contribution in [0.1, 0.15) is 34.1 Å². The van der Waals surface area contributed by atoms with Crippen molar-refractivity contribution < 1.29 is 0 Å². The third kappa shape index (κ3) is 8.21. The fourth-order valence-electron chi connectivity index (χ4n) is 0.780. The van der Waals surface area contributed by atoms with Crippen LogP contribution in [-0.2, 0) is 0 Å². The zero-order valence-electron chi connectivity index (χ0n) is 8.18. The lowest BCUT2D eigenvalue weighted by molar-refractivity contribution is 0.589. The summed E-state index contributed by atoms with van der Waals surface area (Å²) in [6.07, 6.45) is 1.29. The van der Waals surface area contributed by atoms with Crippen molar-refractivity contribution in [3.63, 3.8) is 0 Å². The van der Waals surface area contributed by atoms with Crippen LogP contribution < -0.4 is 5.32 Å². The monoisotopic (exact) mass is 175 g/mol. The maximum atomic E-state index is 3.43. The Labute approximate surface area is 75.3 Å². The van der Waals surface area contributed by atoms with Crippen LogP contribution in [-0.4, -0.2) is 23.6 Å². The van der Waals surface area contributed by atoms with Crippen LogP contribution in [0.5, 0.6) is 0 Å². The molecule has 0 aliphatic carbocycles. The largest absolute Gasteiger partial charge is 0.313 e. The zero-order chi connectivity index (χ0) is 8.69. The first-order chi connectivity index (χ1) is 5.16. The molecule has 1 unspecified atom stereocenters. The Hall–Kier alpha value is 0.310. The van der Waals surface area contributed by atoms with Gasteiger partial charge in [0.05, 0.1) is 0 Å². The van der Waals surface area contributed by atoms with Gasteiger partial charge in [0.25, 0.3) is 0 Å². The molecule has 0 heterocycles. The highest BCUT2D eigenvalue weighted by Crippen LogP contribution is 2.10. The lowest BCUT2D eigenvalue weighted by Gasteiger charge is -2.13. The molecule has 0 aromatic carbocycles. The molecule has 0 amide bonds. The van der Waals surface area contributed by atoms with E-state index in [0.29, 0.717) is 6.04 Å². The van der Waals surface area contributed by atoms with Gasteiger partial charge >= 0.3 is 0 Å². The number of thioether (sulfide) groups is 1. The van der Waals surface area contributed by atoms with E-state index < -0.39 is 0 Å². The minimum absolute atomic E-state index is 0.625. The van der Waals surface area contributed by atoms with Crippen LogP contribution in [0.4, 0.5) is 0 Å². The molecular formula is C9H21NS. The standard InChI is InChI=1S/C9H21NS/c1-5-6-11-9(4)7-10-8(2)3/h8-10H,5-7H2,1-4H3. The minimum Gasteiger partial charge on any atom is -0.313 e. The SMILES string of the molecule is CCCSC(C)CNC(C)C. The summed E-state index contributed by atoms with van der Waals surface area (Å²) < 4.78 is 0. The quantitative estimate of drug-likeness (QED) is 0.666. The Morgan fingerprint density at radius 2 is 1.91 bits per heavy atom. The van der Waals surface area contributed by atoms with Gasteiger partial charge in [0, 0.05) is 17.8 Å². The van der Waals surface area contributed by atoms with Crippen molar-refractivity contribution in [2.75, 3.05) is 12.3 Å². The molecule has 1 atom stereocenters. The molecule has 68 valence electrons. The van der Waals surface area contributed by atoms with Gasteiger partial charge in [0.2, 0.25) is 0 Å². The summed E-state index contributed by atoms with van der Waals surface area (Å²) in [7, 11) is 0. The molecule has 0 rings (SSSR count). The normalized spacial score (nSPS) is 13.9. The Morgan fingerprint density at radius 3 is 2.36 bits per heavy atom. The van der Waals surface area contributed by atoms with Gasteiger partial charge in [-0.15, -0.1) is 0 Å². The van der Waals surface area contributed by atoms with Crippen LogP contribution >= 0.6 is 11.8 Å². The second-order valence-electron chi connectivity index (χ2n) is 3.24. The maximum absolute atomic E-state index is 3.43. The molecule has 0 spiro atoms. The number of hydrogen-bond donors (Lipinski definition) is 1. The van der Waals surface area contributed by atoms with E-state index in [9.17, 15) is 0 Å². The van der Waals surface area contributed by atoms with E-state index in [1.165, 1.54) is 12.2 Å². The molecule has 2 heteroatoms. The van der Waals surface area contributed by atoms with Crippen LogP contribution in [0.25, 0.3) is 0 Å². The molecular weight excluding hydrogens is 154 g/mol. The van der Waals surface area contributed by atoms with Crippen molar-refractivity contribution in [1.82, 2.24) is 5.32 Å². The lowest BCUT2D eigenvalue weighted by Crippen LogP contribution is -2.29. The summed E-state index contributed by atoms with van der Waals surface area (Å²) in [6, 6.07) is 0.625. The van der Waals surface area contributed by atoms with E-state index in [1.807, 2.05) is 0 Å². The average molecular weight is 175 g/mol. The first kappa shape index (κ1) is 11.3. The van der Waals surface area contributed by atoms with Crippen LogP contribution in [0.15, 0.2) is 0 Å². The van der Waals surface area contributed by atoms with Gasteiger partial charge in [-0.3, -0.25) is 0 Å². The van der Waals surface area contributed by atoms with E-state index in [2.05, 4.69) is 44.8 Å². The van der Waals surface area contributed by atoms with Gasteiger partial charge < -0.3 is 5.32 Å². The van der Waals surface area contributed by atoms with Gasteiger partial charge in [0.1, 0.15) is 0 Å². The van der Waals surface area contributed by atoms with Crippen molar-refractivity contribution in [2.45, 2.75) is 45.4 Å². The molecule has 0 radical (unpaired) electrons. The van der Waals surface area contributed by atoms with Crippen molar-refractivity contribution >= 4 is 11.8 Å². The predicted octanol–water partition coefficient (Wildman–Crippen LogP) is 2.52. The summed E-state index contributed by atoms with van der Waals surface area (Å²) >= 11 is 2.06. The molecule has 0 saturated heterocycles. The predicted molar refractivity (Wildman–Crippen MR) is 55.3 cm³/mol. The van der Waals surface area contributed by atoms with Gasteiger partial charge in [-0.1, -0.05) is 27.7 Å². The van der Waals surface area contributed by atoms with Crippen LogP contribution in [0, 0.1) is 0 Å². The Bertz CT molecular complexity index is 83.6. The maximum Gasteiger partial charge on any atom is 0.0144 e. The molecule has 0 aromatic rings. The average Bonchev–Trinajstić information content (AvgIpc) is 1.97. The highest BCUT2D eigenvalue weighted by Gasteiger charge is 2.01. The van der Waals surface area contributed by atoms with Gasteiger partial charge in [-0.05, 0) is 12.2 Å². The number of rotatable bonds is 6. The molecule has 11 heavy (non-hydrogen) atoms. The molecule has 1 nitrogen and oxygen atoms in total. The van der Waals surface area contributed by atoms with Crippen molar-refractivity contribution in [3.8, 4) is 0 Å². The fraction of sp³-hybridized carbons (Fsp3) is 1.00. The highest BCUT2D eigenvalue weighted by atomic mass is 32.2. The third-order valence-corrected chi connectivity index (χ3v) is 2.80. The van der Waals surface area contributed by atoms with E-state index in [0.717, 1.165) is 11.8 Å². The Morgan fingerprint density at radius 1 is 1.27 bits per heavy atom. The fourth-order valence-corrected chi connectivity index (χ4v) is 1.63. The number of hydrogen-bond acceptors (Lipinski definition) is 2.